The molecule has 4 rings (SSSR count). The fourth-order valence-corrected chi connectivity index (χ4v) is 9.85. The van der Waals surface area contributed by atoms with Crippen molar-refractivity contribution in [2.45, 2.75) is 207 Å². The first-order valence-corrected chi connectivity index (χ1v) is 23.5. The van der Waals surface area contributed by atoms with Gasteiger partial charge in [-0.3, -0.25) is 0 Å². The summed E-state index contributed by atoms with van der Waals surface area (Å²) >= 11 is 1.96. The van der Waals surface area contributed by atoms with E-state index in [0.29, 0.717) is 0 Å². The van der Waals surface area contributed by atoms with Gasteiger partial charge in [0.2, 0.25) is 0 Å². The van der Waals surface area contributed by atoms with Crippen molar-refractivity contribution in [3.05, 3.63) is 64.5 Å². The lowest BCUT2D eigenvalue weighted by Crippen LogP contribution is -2.28. The largest absolute Gasteiger partial charge is 0.372 e. The Labute approximate surface area is 326 Å². The molecular weight excluding hydrogens is 647 g/mol. The first-order valence-electron chi connectivity index (χ1n) is 22.7. The third-order valence-electron chi connectivity index (χ3n) is 12.2. The summed E-state index contributed by atoms with van der Waals surface area (Å²) in [4.78, 5) is 5.56. The van der Waals surface area contributed by atoms with Crippen molar-refractivity contribution < 1.29 is 0 Å². The Morgan fingerprint density at radius 3 is 1.37 bits per heavy atom. The molecule has 0 aliphatic heterocycles. The van der Waals surface area contributed by atoms with Gasteiger partial charge in [-0.2, -0.15) is 0 Å². The van der Waals surface area contributed by atoms with Gasteiger partial charge >= 0.3 is 0 Å². The summed E-state index contributed by atoms with van der Waals surface area (Å²) in [6, 6.07) is 19.9. The van der Waals surface area contributed by atoms with Crippen LogP contribution in [0.25, 0.3) is 21.6 Å². The Kier molecular flexibility index (Phi) is 20.0. The second kappa shape index (κ2) is 24.4. The number of thiophene rings is 1. The summed E-state index contributed by atoms with van der Waals surface area (Å²) in [7, 11) is 0. The average Bonchev–Trinajstić information content (AvgIpc) is 3.71. The maximum absolute atomic E-state index is 2.72. The maximum atomic E-state index is 2.72. The Morgan fingerprint density at radius 1 is 0.462 bits per heavy atom. The fraction of sp³-hybridized carbons (Fsp3) is 0.680. The number of fused-ring (bicyclic) bond motifs is 3. The lowest BCUT2D eigenvalue weighted by molar-refractivity contribution is 0.397. The normalized spacial score (nSPS) is 13.1. The summed E-state index contributed by atoms with van der Waals surface area (Å²) < 4.78 is 0. The van der Waals surface area contributed by atoms with Gasteiger partial charge in [0, 0.05) is 33.9 Å². The zero-order valence-electron chi connectivity index (χ0n) is 34.8. The smallest absolute Gasteiger partial charge is 0.0369 e. The van der Waals surface area contributed by atoms with Crippen LogP contribution in [0.5, 0.6) is 0 Å². The van der Waals surface area contributed by atoms with Crippen LogP contribution in [0.4, 0.5) is 5.69 Å². The highest BCUT2D eigenvalue weighted by Crippen LogP contribution is 2.56. The molecule has 0 fully saturated rings. The minimum absolute atomic E-state index is 0.116. The predicted octanol–water partition coefficient (Wildman–Crippen LogP) is 17.0. The van der Waals surface area contributed by atoms with Gasteiger partial charge < -0.3 is 4.90 Å². The lowest BCUT2D eigenvalue weighted by atomic mass is 9.70. The molecule has 1 aromatic heterocycles. The standard InChI is InChI=1S/C50H79NS/c1-6-10-14-16-18-20-22-24-26-28-36-50(37-29-27-25-23-21-19-17-15-11-7-2)47-40-43(49-35-30-42(5)52-49)31-33-45(47)46-34-32-44(41-48(46)50)51(38-12-8-3)39-13-9-4/h30-35,40-41H,6-29,36-39H2,1-5H3. The molecule has 1 heterocycles. The van der Waals surface area contributed by atoms with E-state index in [-0.39, 0.29) is 5.41 Å². The van der Waals surface area contributed by atoms with E-state index < -0.39 is 0 Å². The summed E-state index contributed by atoms with van der Waals surface area (Å²) in [5.74, 6) is 0. The van der Waals surface area contributed by atoms with Gasteiger partial charge in [-0.1, -0.05) is 187 Å². The first kappa shape index (κ1) is 42.7. The zero-order valence-corrected chi connectivity index (χ0v) is 35.6. The zero-order chi connectivity index (χ0) is 36.9. The van der Waals surface area contributed by atoms with Crippen molar-refractivity contribution in [1.29, 1.82) is 0 Å². The number of hydrogen-bond acceptors (Lipinski definition) is 2. The molecule has 290 valence electrons. The van der Waals surface area contributed by atoms with E-state index in [2.05, 4.69) is 88.0 Å². The number of aryl methyl sites for hydroxylation is 1. The highest BCUT2D eigenvalue weighted by atomic mass is 32.1. The van der Waals surface area contributed by atoms with E-state index in [4.69, 9.17) is 0 Å². The Morgan fingerprint density at radius 2 is 0.904 bits per heavy atom. The van der Waals surface area contributed by atoms with Crippen LogP contribution in [0.2, 0.25) is 0 Å². The van der Waals surface area contributed by atoms with Crippen molar-refractivity contribution in [2.24, 2.45) is 0 Å². The van der Waals surface area contributed by atoms with Crippen LogP contribution in [-0.4, -0.2) is 13.1 Å². The highest BCUT2D eigenvalue weighted by molar-refractivity contribution is 7.15. The lowest BCUT2D eigenvalue weighted by Gasteiger charge is -2.34. The molecule has 2 heteroatoms. The number of rotatable bonds is 30. The van der Waals surface area contributed by atoms with Gasteiger partial charge in [0.15, 0.2) is 0 Å². The van der Waals surface area contributed by atoms with Gasteiger partial charge in [-0.05, 0) is 90.8 Å². The molecule has 52 heavy (non-hydrogen) atoms. The molecule has 3 aromatic rings. The fourth-order valence-electron chi connectivity index (χ4n) is 8.98. The van der Waals surface area contributed by atoms with Crippen molar-refractivity contribution in [3.63, 3.8) is 0 Å². The van der Waals surface area contributed by atoms with E-state index in [1.807, 2.05) is 11.3 Å². The van der Waals surface area contributed by atoms with E-state index in [9.17, 15) is 0 Å². The third-order valence-corrected chi connectivity index (χ3v) is 13.3. The molecule has 0 spiro atoms. The second-order valence-electron chi connectivity index (χ2n) is 16.5. The molecule has 0 saturated carbocycles. The van der Waals surface area contributed by atoms with Gasteiger partial charge in [0.1, 0.15) is 0 Å². The molecular formula is C50H79NS. The minimum Gasteiger partial charge on any atom is -0.372 e. The van der Waals surface area contributed by atoms with Crippen LogP contribution in [0.15, 0.2) is 48.5 Å². The van der Waals surface area contributed by atoms with E-state index in [1.165, 1.54) is 212 Å². The molecule has 1 aliphatic rings. The third kappa shape index (κ3) is 12.8. The van der Waals surface area contributed by atoms with Crippen LogP contribution < -0.4 is 4.90 Å². The summed E-state index contributed by atoms with van der Waals surface area (Å²) in [5, 5.41) is 0. The Balaban J connectivity index is 1.60. The second-order valence-corrected chi connectivity index (χ2v) is 17.8. The molecule has 0 radical (unpaired) electrons. The van der Waals surface area contributed by atoms with Crippen molar-refractivity contribution in [3.8, 4) is 21.6 Å². The van der Waals surface area contributed by atoms with Crippen molar-refractivity contribution >= 4 is 17.0 Å². The number of nitrogens with zero attached hydrogens (tertiary/aromatic N) is 1. The summed E-state index contributed by atoms with van der Waals surface area (Å²) in [5.41, 5.74) is 9.35. The van der Waals surface area contributed by atoms with Gasteiger partial charge in [-0.25, -0.2) is 0 Å². The highest BCUT2D eigenvalue weighted by Gasteiger charge is 2.42. The number of benzene rings is 2. The predicted molar refractivity (Wildman–Crippen MR) is 236 cm³/mol. The van der Waals surface area contributed by atoms with E-state index >= 15 is 0 Å². The first-order chi connectivity index (χ1) is 25.6. The molecule has 0 bridgehead atoms. The summed E-state index contributed by atoms with van der Waals surface area (Å²) in [6.07, 6.45) is 35.7. The van der Waals surface area contributed by atoms with Crippen LogP contribution in [0, 0.1) is 6.92 Å². The van der Waals surface area contributed by atoms with Crippen LogP contribution in [-0.2, 0) is 5.41 Å². The topological polar surface area (TPSA) is 3.24 Å². The minimum atomic E-state index is 0.116. The van der Waals surface area contributed by atoms with Gasteiger partial charge in [0.05, 0.1) is 0 Å². The maximum Gasteiger partial charge on any atom is 0.0369 e. The quantitative estimate of drug-likeness (QED) is 0.0619. The molecule has 0 unspecified atom stereocenters. The molecule has 0 amide bonds. The Bertz CT molecular complexity index is 1350. The monoisotopic (exact) mass is 726 g/mol. The van der Waals surface area contributed by atoms with E-state index in [1.54, 1.807) is 11.1 Å². The Hall–Kier alpha value is -2.06. The molecule has 1 aliphatic carbocycles. The van der Waals surface area contributed by atoms with Gasteiger partial charge in [0.25, 0.3) is 0 Å². The van der Waals surface area contributed by atoms with Crippen LogP contribution >= 0.6 is 11.3 Å². The number of hydrogen-bond donors (Lipinski definition) is 0. The SMILES string of the molecule is CCCCCCCCCCCCC1(CCCCCCCCCCCC)c2cc(-c3ccc(C)s3)ccc2-c2ccc(N(CCCC)CCCC)cc21. The molecule has 1 nitrogen and oxygen atoms in total. The van der Waals surface area contributed by atoms with Crippen molar-refractivity contribution in [2.75, 3.05) is 18.0 Å². The molecule has 0 N–H and O–H groups in total. The number of unbranched alkanes of at least 4 members (excludes halogenated alkanes) is 20. The van der Waals surface area contributed by atoms with Crippen LogP contribution in [0.1, 0.15) is 211 Å². The molecule has 0 atom stereocenters. The average molecular weight is 726 g/mol. The van der Waals surface area contributed by atoms with Crippen molar-refractivity contribution in [1.82, 2.24) is 0 Å². The van der Waals surface area contributed by atoms with E-state index in [0.717, 1.165) is 0 Å². The summed E-state index contributed by atoms with van der Waals surface area (Å²) in [6.45, 7) is 13.9. The number of anilines is 1. The molecule has 2 aromatic carbocycles. The van der Waals surface area contributed by atoms with Crippen LogP contribution in [0.3, 0.4) is 0 Å². The molecule has 0 saturated heterocycles. The van der Waals surface area contributed by atoms with Gasteiger partial charge in [-0.15, -0.1) is 11.3 Å².